The molecule has 0 unspecified atom stereocenters. The maximum Gasteiger partial charge on any atom is 0.107 e. The van der Waals surface area contributed by atoms with E-state index >= 15 is 0 Å². The van der Waals surface area contributed by atoms with Crippen molar-refractivity contribution in [3.8, 4) is 0 Å². The van der Waals surface area contributed by atoms with Gasteiger partial charge in [-0.25, -0.2) is 4.39 Å². The molecule has 0 heterocycles. The monoisotopic (exact) mass is 367 g/mol. The Kier molecular flexibility index (Phi) is 6.78. The zero-order valence-corrected chi connectivity index (χ0v) is 17.0. The Morgan fingerprint density at radius 3 is 2.37 bits per heavy atom. The third kappa shape index (κ3) is 6.24. The van der Waals surface area contributed by atoms with Crippen LogP contribution in [0.25, 0.3) is 5.70 Å². The molecule has 3 nitrogen and oxygen atoms in total. The van der Waals surface area contributed by atoms with Gasteiger partial charge in [-0.05, 0) is 82.5 Å². The standard InChI is InChI=1S/C23H30FN3/c1-7-25-21-15-16(2)14-17(3)22(21)18(4)27-20-10-8-19(9-11-20)26-13-12-23(5,6)24/h7-11,14-15,26-27H,4,12-13H2,1-3,5-6H3. The second kappa shape index (κ2) is 8.85. The van der Waals surface area contributed by atoms with Crippen molar-refractivity contribution in [2.75, 3.05) is 17.2 Å². The fraction of sp³-hybridized carbons (Fsp3) is 0.348. The van der Waals surface area contributed by atoms with Crippen LogP contribution in [0.5, 0.6) is 0 Å². The summed E-state index contributed by atoms with van der Waals surface area (Å²) in [4.78, 5) is 4.49. The third-order valence-corrected chi connectivity index (χ3v) is 4.26. The highest BCUT2D eigenvalue weighted by Crippen LogP contribution is 2.31. The molecule has 2 aromatic rings. The quantitative estimate of drug-likeness (QED) is 0.512. The van der Waals surface area contributed by atoms with Gasteiger partial charge >= 0.3 is 0 Å². The third-order valence-electron chi connectivity index (χ3n) is 4.26. The Bertz CT molecular complexity index is 815. The Hall–Kier alpha value is -2.62. The average molecular weight is 368 g/mol. The van der Waals surface area contributed by atoms with Crippen LogP contribution >= 0.6 is 0 Å². The Labute approximate surface area is 162 Å². The smallest absolute Gasteiger partial charge is 0.107 e. The Balaban J connectivity index is 2.08. The molecule has 0 amide bonds. The van der Waals surface area contributed by atoms with Crippen LogP contribution in [0.2, 0.25) is 0 Å². The molecule has 2 N–H and O–H groups in total. The second-order valence-electron chi connectivity index (χ2n) is 7.44. The highest BCUT2D eigenvalue weighted by Gasteiger charge is 2.14. The summed E-state index contributed by atoms with van der Waals surface area (Å²) in [5.74, 6) is 0. The van der Waals surface area contributed by atoms with Crippen molar-refractivity contribution in [2.24, 2.45) is 4.99 Å². The highest BCUT2D eigenvalue weighted by atomic mass is 19.1. The van der Waals surface area contributed by atoms with Gasteiger partial charge < -0.3 is 10.6 Å². The minimum atomic E-state index is -1.16. The maximum atomic E-state index is 13.5. The molecule has 2 rings (SSSR count). The number of hydrogen-bond acceptors (Lipinski definition) is 3. The van der Waals surface area contributed by atoms with E-state index in [9.17, 15) is 4.39 Å². The normalized spacial score (nSPS) is 11.6. The molecule has 4 heteroatoms. The van der Waals surface area contributed by atoms with Crippen LogP contribution in [-0.2, 0) is 0 Å². The molecule has 0 aliphatic carbocycles. The largest absolute Gasteiger partial charge is 0.385 e. The van der Waals surface area contributed by atoms with E-state index < -0.39 is 5.67 Å². The molecular weight excluding hydrogens is 337 g/mol. The number of rotatable bonds is 8. The van der Waals surface area contributed by atoms with Crippen LogP contribution in [-0.4, -0.2) is 18.4 Å². The Morgan fingerprint density at radius 2 is 1.78 bits per heavy atom. The van der Waals surface area contributed by atoms with Crippen LogP contribution < -0.4 is 10.6 Å². The summed E-state index contributed by atoms with van der Waals surface area (Å²) < 4.78 is 13.5. The van der Waals surface area contributed by atoms with Crippen molar-refractivity contribution in [3.05, 3.63) is 59.7 Å². The molecule has 0 aliphatic rings. The van der Waals surface area contributed by atoms with Gasteiger partial charge in [-0.1, -0.05) is 12.6 Å². The molecule has 0 aliphatic heterocycles. The van der Waals surface area contributed by atoms with Gasteiger partial charge in [0.05, 0.1) is 5.69 Å². The van der Waals surface area contributed by atoms with Crippen LogP contribution in [0.1, 0.15) is 43.9 Å². The van der Waals surface area contributed by atoms with Crippen molar-refractivity contribution in [3.63, 3.8) is 0 Å². The number of halogens is 1. The molecular formula is C23H30FN3. The summed E-state index contributed by atoms with van der Waals surface area (Å²) in [6.07, 6.45) is 2.27. The summed E-state index contributed by atoms with van der Waals surface area (Å²) in [6.45, 7) is 14.1. The minimum Gasteiger partial charge on any atom is -0.385 e. The van der Waals surface area contributed by atoms with Gasteiger partial charge in [0.25, 0.3) is 0 Å². The van der Waals surface area contributed by atoms with Gasteiger partial charge in [0, 0.05) is 35.4 Å². The number of aryl methyl sites for hydroxylation is 2. The second-order valence-corrected chi connectivity index (χ2v) is 7.44. The predicted octanol–water partition coefficient (Wildman–Crippen LogP) is 6.66. The summed E-state index contributed by atoms with van der Waals surface area (Å²) in [6, 6.07) is 12.1. The SMILES string of the molecule is C=C(Nc1ccc(NCCC(C)(C)F)cc1)c1c(C)cc(C)cc1N=CC. The molecule has 144 valence electrons. The van der Waals surface area contributed by atoms with Crippen LogP contribution in [0, 0.1) is 13.8 Å². The fourth-order valence-corrected chi connectivity index (χ4v) is 2.99. The molecule has 0 saturated heterocycles. The van der Waals surface area contributed by atoms with Crippen molar-refractivity contribution in [2.45, 2.75) is 46.7 Å². The van der Waals surface area contributed by atoms with Crippen molar-refractivity contribution < 1.29 is 4.39 Å². The summed E-state index contributed by atoms with van der Waals surface area (Å²) >= 11 is 0. The highest BCUT2D eigenvalue weighted by molar-refractivity contribution is 5.84. The van der Waals surface area contributed by atoms with Gasteiger partial charge in [-0.3, -0.25) is 4.99 Å². The lowest BCUT2D eigenvalue weighted by Crippen LogP contribution is -2.17. The topological polar surface area (TPSA) is 36.4 Å². The zero-order valence-electron chi connectivity index (χ0n) is 17.0. The molecule has 0 spiro atoms. The van der Waals surface area contributed by atoms with Crippen LogP contribution in [0.3, 0.4) is 0 Å². The van der Waals surface area contributed by atoms with E-state index in [1.54, 1.807) is 20.1 Å². The number of aliphatic imine (C=N–C) groups is 1. The average Bonchev–Trinajstić information content (AvgIpc) is 2.55. The lowest BCUT2D eigenvalue weighted by atomic mass is 10.0. The van der Waals surface area contributed by atoms with E-state index in [1.165, 1.54) is 5.56 Å². The van der Waals surface area contributed by atoms with E-state index in [1.807, 2.05) is 31.2 Å². The first-order valence-electron chi connectivity index (χ1n) is 9.28. The van der Waals surface area contributed by atoms with Gasteiger partial charge in [-0.15, -0.1) is 0 Å². The van der Waals surface area contributed by atoms with Crippen molar-refractivity contribution in [1.29, 1.82) is 0 Å². The van der Waals surface area contributed by atoms with Crippen molar-refractivity contribution >= 4 is 29.0 Å². The van der Waals surface area contributed by atoms with E-state index in [0.29, 0.717) is 13.0 Å². The number of benzene rings is 2. The number of hydrogen-bond donors (Lipinski definition) is 2. The van der Waals surface area contributed by atoms with E-state index in [2.05, 4.69) is 48.2 Å². The first kappa shape index (κ1) is 20.7. The maximum absolute atomic E-state index is 13.5. The summed E-state index contributed by atoms with van der Waals surface area (Å²) in [5, 5.41) is 6.61. The number of anilines is 2. The predicted molar refractivity (Wildman–Crippen MR) is 117 cm³/mol. The lowest BCUT2D eigenvalue weighted by molar-refractivity contribution is 0.207. The molecule has 0 aromatic heterocycles. The number of nitrogens with one attached hydrogen (secondary N) is 2. The first-order valence-corrected chi connectivity index (χ1v) is 9.28. The van der Waals surface area contributed by atoms with Crippen molar-refractivity contribution in [1.82, 2.24) is 0 Å². The Morgan fingerprint density at radius 1 is 1.15 bits per heavy atom. The zero-order chi connectivity index (χ0) is 20.0. The van der Waals surface area contributed by atoms with Gasteiger partial charge in [0.15, 0.2) is 0 Å². The van der Waals surface area contributed by atoms with Gasteiger partial charge in [0.2, 0.25) is 0 Å². The van der Waals surface area contributed by atoms with E-state index in [4.69, 9.17) is 0 Å². The fourth-order valence-electron chi connectivity index (χ4n) is 2.99. The van der Waals surface area contributed by atoms with Gasteiger partial charge in [-0.2, -0.15) is 0 Å². The summed E-state index contributed by atoms with van der Waals surface area (Å²) in [5.41, 5.74) is 5.83. The van der Waals surface area contributed by atoms with Crippen LogP contribution in [0.15, 0.2) is 48.0 Å². The number of alkyl halides is 1. The molecule has 2 aromatic carbocycles. The van der Waals surface area contributed by atoms with Crippen LogP contribution in [0.4, 0.5) is 21.5 Å². The molecule has 0 bridgehead atoms. The molecule has 0 fully saturated rings. The van der Waals surface area contributed by atoms with Gasteiger partial charge in [0.1, 0.15) is 5.67 Å². The molecule has 27 heavy (non-hydrogen) atoms. The molecule has 0 saturated carbocycles. The van der Waals surface area contributed by atoms with E-state index in [-0.39, 0.29) is 0 Å². The molecule has 0 radical (unpaired) electrons. The summed E-state index contributed by atoms with van der Waals surface area (Å²) in [7, 11) is 0. The first-order chi connectivity index (χ1) is 12.7. The van der Waals surface area contributed by atoms with E-state index in [0.717, 1.165) is 33.9 Å². The lowest BCUT2D eigenvalue weighted by Gasteiger charge is -2.17. The molecule has 0 atom stereocenters. The number of nitrogens with zero attached hydrogens (tertiary/aromatic N) is 1. The minimum absolute atomic E-state index is 0.469.